The molecule has 0 aliphatic carbocycles. The van der Waals surface area contributed by atoms with Gasteiger partial charge in [-0.3, -0.25) is 19.1 Å². The summed E-state index contributed by atoms with van der Waals surface area (Å²) in [4.78, 5) is 29.7. The van der Waals surface area contributed by atoms with Gasteiger partial charge in [0.25, 0.3) is 5.56 Å². The van der Waals surface area contributed by atoms with Crippen molar-refractivity contribution in [3.05, 3.63) is 105 Å². The number of anilines is 1. The quantitative estimate of drug-likeness (QED) is 0.156. The lowest BCUT2D eigenvalue weighted by Gasteiger charge is -2.36. The number of fused-ring (bicyclic) bond motifs is 1. The monoisotopic (exact) mass is 593 g/mol. The first kappa shape index (κ1) is 29.0. The molecule has 0 bridgehead atoms. The van der Waals surface area contributed by atoms with E-state index in [4.69, 9.17) is 32.7 Å². The van der Waals surface area contributed by atoms with Gasteiger partial charge in [-0.1, -0.05) is 59.6 Å². The summed E-state index contributed by atoms with van der Waals surface area (Å²) in [5, 5.41) is 2.08. The van der Waals surface area contributed by atoms with E-state index < -0.39 is 0 Å². The zero-order chi connectivity index (χ0) is 28.6. The van der Waals surface area contributed by atoms with Gasteiger partial charge in [0.15, 0.2) is 6.73 Å². The number of hydrogen-bond donors (Lipinski definition) is 0. The second-order valence-electron chi connectivity index (χ2n) is 10.1. The van der Waals surface area contributed by atoms with Crippen LogP contribution < -0.4 is 15.2 Å². The Kier molecular flexibility index (Phi) is 9.83. The van der Waals surface area contributed by atoms with Crippen molar-refractivity contribution in [1.82, 2.24) is 9.47 Å². The number of pyridine rings is 1. The van der Waals surface area contributed by atoms with E-state index in [0.717, 1.165) is 62.2 Å². The maximum Gasteiger partial charge on any atom is 0.311 e. The zero-order valence-corrected chi connectivity index (χ0v) is 24.3. The summed E-state index contributed by atoms with van der Waals surface area (Å²) in [6, 6.07) is 24.1. The Morgan fingerprint density at radius 2 is 1.63 bits per heavy atom. The van der Waals surface area contributed by atoms with Crippen molar-refractivity contribution >= 4 is 45.8 Å². The molecule has 4 aromatic rings. The molecule has 0 amide bonds. The van der Waals surface area contributed by atoms with E-state index in [0.29, 0.717) is 27.9 Å². The van der Waals surface area contributed by atoms with Gasteiger partial charge in [-0.2, -0.15) is 0 Å². The van der Waals surface area contributed by atoms with E-state index in [-0.39, 0.29) is 24.7 Å². The number of halogens is 2. The third-order valence-electron chi connectivity index (χ3n) is 7.29. The number of carbonyl (C=O) groups is 1. The molecule has 0 unspecified atom stereocenters. The largest absolute Gasteiger partial charge is 0.494 e. The molecule has 1 fully saturated rings. The number of ether oxygens (including phenoxy) is 2. The Bertz CT molecular complexity index is 1540. The standard InChI is InChI=1S/C32H33Cl2N3O4/c33-27-9-6-10-28(32(27)34)36-18-16-35(17-19-36)15-4-5-20-40-26-13-11-25-12-14-30(38)37(29(25)22-26)23-41-31(39)21-24-7-2-1-3-8-24/h1-3,6-14,22H,4-5,15-21,23H2. The van der Waals surface area contributed by atoms with Crippen LogP contribution >= 0.6 is 23.2 Å². The number of nitrogens with zero attached hydrogens (tertiary/aromatic N) is 3. The average molecular weight is 595 g/mol. The highest BCUT2D eigenvalue weighted by Crippen LogP contribution is 2.33. The minimum atomic E-state index is -0.387. The van der Waals surface area contributed by atoms with E-state index >= 15 is 0 Å². The third kappa shape index (κ3) is 7.61. The van der Waals surface area contributed by atoms with Crippen LogP contribution in [0.2, 0.25) is 10.0 Å². The minimum Gasteiger partial charge on any atom is -0.494 e. The summed E-state index contributed by atoms with van der Waals surface area (Å²) in [6.07, 6.45) is 2.09. The molecule has 0 atom stereocenters. The predicted octanol–water partition coefficient (Wildman–Crippen LogP) is 6.03. The predicted molar refractivity (Wildman–Crippen MR) is 164 cm³/mol. The van der Waals surface area contributed by atoms with Crippen molar-refractivity contribution in [3.63, 3.8) is 0 Å². The molecule has 0 radical (unpaired) electrons. The van der Waals surface area contributed by atoms with Crippen molar-refractivity contribution in [1.29, 1.82) is 0 Å². The summed E-state index contributed by atoms with van der Waals surface area (Å²) in [6.45, 7) is 5.21. The molecule has 214 valence electrons. The van der Waals surface area contributed by atoms with Crippen molar-refractivity contribution < 1.29 is 14.3 Å². The maximum atomic E-state index is 12.6. The number of carbonyl (C=O) groups excluding carboxylic acids is 1. The van der Waals surface area contributed by atoms with Crippen molar-refractivity contribution in [2.45, 2.75) is 26.0 Å². The summed E-state index contributed by atoms with van der Waals surface area (Å²) >= 11 is 12.6. The van der Waals surface area contributed by atoms with Crippen LogP contribution in [-0.4, -0.2) is 54.8 Å². The summed E-state index contributed by atoms with van der Waals surface area (Å²) in [5.41, 5.74) is 2.29. The molecule has 0 N–H and O–H groups in total. The fraction of sp³-hybridized carbons (Fsp3) is 0.312. The van der Waals surface area contributed by atoms with Gasteiger partial charge in [0, 0.05) is 38.3 Å². The normalized spacial score (nSPS) is 13.9. The Labute approximate surface area is 249 Å². The number of benzene rings is 3. The first-order chi connectivity index (χ1) is 20.0. The zero-order valence-electron chi connectivity index (χ0n) is 22.8. The number of unbranched alkanes of at least 4 members (excludes halogenated alkanes) is 1. The van der Waals surface area contributed by atoms with Crippen LogP contribution in [-0.2, 0) is 22.7 Å². The minimum absolute atomic E-state index is 0.151. The highest BCUT2D eigenvalue weighted by Gasteiger charge is 2.19. The van der Waals surface area contributed by atoms with Gasteiger partial charge in [0.05, 0.1) is 34.3 Å². The summed E-state index contributed by atoms with van der Waals surface area (Å²) in [5.74, 6) is 0.293. The van der Waals surface area contributed by atoms with Gasteiger partial charge in [-0.05, 0) is 60.7 Å². The topological polar surface area (TPSA) is 64.0 Å². The van der Waals surface area contributed by atoms with Crippen LogP contribution in [0.5, 0.6) is 5.75 Å². The van der Waals surface area contributed by atoms with Crippen LogP contribution in [0.4, 0.5) is 5.69 Å². The fourth-order valence-corrected chi connectivity index (χ4v) is 5.43. The van der Waals surface area contributed by atoms with Crippen LogP contribution in [0.25, 0.3) is 10.9 Å². The Balaban J connectivity index is 1.08. The smallest absolute Gasteiger partial charge is 0.311 e. The van der Waals surface area contributed by atoms with Gasteiger partial charge in [0.1, 0.15) is 5.75 Å². The van der Waals surface area contributed by atoms with Crippen LogP contribution in [0.3, 0.4) is 0 Å². The molecule has 1 aromatic heterocycles. The van der Waals surface area contributed by atoms with Crippen molar-refractivity contribution in [2.24, 2.45) is 0 Å². The highest BCUT2D eigenvalue weighted by molar-refractivity contribution is 6.43. The number of rotatable bonds is 11. The lowest BCUT2D eigenvalue weighted by molar-refractivity contribution is -0.146. The Morgan fingerprint density at radius 1 is 0.854 bits per heavy atom. The molecule has 0 spiro atoms. The van der Waals surface area contributed by atoms with Gasteiger partial charge < -0.3 is 14.4 Å². The van der Waals surface area contributed by atoms with Crippen molar-refractivity contribution in [3.8, 4) is 5.75 Å². The van der Waals surface area contributed by atoms with Crippen LogP contribution in [0.1, 0.15) is 18.4 Å². The second kappa shape index (κ2) is 13.9. The number of hydrogen-bond acceptors (Lipinski definition) is 6. The lowest BCUT2D eigenvalue weighted by atomic mass is 10.2. The molecule has 9 heteroatoms. The van der Waals surface area contributed by atoms with Crippen LogP contribution in [0, 0.1) is 0 Å². The number of esters is 1. The molecule has 2 heterocycles. The average Bonchev–Trinajstić information content (AvgIpc) is 2.99. The van der Waals surface area contributed by atoms with Crippen LogP contribution in [0.15, 0.2) is 83.7 Å². The summed E-state index contributed by atoms with van der Waals surface area (Å²) < 4.78 is 12.9. The Morgan fingerprint density at radius 3 is 2.44 bits per heavy atom. The van der Waals surface area contributed by atoms with E-state index in [1.165, 1.54) is 10.6 Å². The van der Waals surface area contributed by atoms with E-state index in [2.05, 4.69) is 9.80 Å². The molecule has 1 aliphatic rings. The Hall–Kier alpha value is -3.52. The van der Waals surface area contributed by atoms with Gasteiger partial charge in [0.2, 0.25) is 0 Å². The first-order valence-corrected chi connectivity index (χ1v) is 14.6. The van der Waals surface area contributed by atoms with Gasteiger partial charge >= 0.3 is 5.97 Å². The molecule has 1 aliphatic heterocycles. The van der Waals surface area contributed by atoms with Gasteiger partial charge in [-0.15, -0.1) is 0 Å². The highest BCUT2D eigenvalue weighted by atomic mass is 35.5. The molecular formula is C32H33Cl2N3O4. The van der Waals surface area contributed by atoms with E-state index in [1.807, 2.05) is 66.7 Å². The fourth-order valence-electron chi connectivity index (χ4n) is 5.02. The summed E-state index contributed by atoms with van der Waals surface area (Å²) in [7, 11) is 0. The molecule has 7 nitrogen and oxygen atoms in total. The molecule has 41 heavy (non-hydrogen) atoms. The number of aromatic nitrogens is 1. The SMILES string of the molecule is O=C(Cc1ccccc1)OCn1c(=O)ccc2ccc(OCCCCN3CCN(c4cccc(Cl)c4Cl)CC3)cc21. The van der Waals surface area contributed by atoms with E-state index in [1.54, 1.807) is 6.07 Å². The van der Waals surface area contributed by atoms with Gasteiger partial charge in [-0.25, -0.2) is 0 Å². The van der Waals surface area contributed by atoms with E-state index in [9.17, 15) is 9.59 Å². The molecule has 3 aromatic carbocycles. The van der Waals surface area contributed by atoms with Crippen molar-refractivity contribution in [2.75, 3.05) is 44.2 Å². The second-order valence-corrected chi connectivity index (χ2v) is 10.9. The molecule has 1 saturated heterocycles. The third-order valence-corrected chi connectivity index (χ3v) is 8.10. The molecular weight excluding hydrogens is 561 g/mol. The molecule has 0 saturated carbocycles. The molecule has 5 rings (SSSR count). The lowest BCUT2D eigenvalue weighted by Crippen LogP contribution is -2.46. The maximum absolute atomic E-state index is 12.6. The first-order valence-electron chi connectivity index (χ1n) is 13.9. The number of piperazine rings is 1.